The van der Waals surface area contributed by atoms with E-state index >= 15 is 0 Å². The van der Waals surface area contributed by atoms with Gasteiger partial charge in [0, 0.05) is 11.4 Å². The molecule has 0 spiro atoms. The van der Waals surface area contributed by atoms with Crippen LogP contribution in [0.25, 0.3) is 27.6 Å². The van der Waals surface area contributed by atoms with Gasteiger partial charge in [-0.05, 0) is 112 Å². The molecule has 1 nitrogen and oxygen atoms in total. The van der Waals surface area contributed by atoms with Gasteiger partial charge < -0.3 is 4.90 Å². The molecule has 5 aromatic carbocycles. The number of para-hydroxylation sites is 1. The number of benzene rings is 5. The highest BCUT2D eigenvalue weighted by atomic mass is 15.1. The van der Waals surface area contributed by atoms with Gasteiger partial charge in [-0.15, -0.1) is 0 Å². The minimum Gasteiger partial charge on any atom is -0.310 e. The van der Waals surface area contributed by atoms with Gasteiger partial charge in [-0.25, -0.2) is 0 Å². The van der Waals surface area contributed by atoms with E-state index in [0.29, 0.717) is 0 Å². The number of hydrogen-bond acceptors (Lipinski definition) is 1. The first-order chi connectivity index (χ1) is 19.9. The van der Waals surface area contributed by atoms with E-state index < -0.39 is 0 Å². The van der Waals surface area contributed by atoms with Crippen molar-refractivity contribution in [3.8, 4) is 0 Å². The van der Waals surface area contributed by atoms with Crippen molar-refractivity contribution < 1.29 is 0 Å². The van der Waals surface area contributed by atoms with Crippen molar-refractivity contribution in [2.45, 2.75) is 32.1 Å². The lowest BCUT2D eigenvalue weighted by Gasteiger charge is -2.31. The van der Waals surface area contributed by atoms with Crippen LogP contribution in [0.3, 0.4) is 0 Å². The summed E-state index contributed by atoms with van der Waals surface area (Å²) in [5.41, 5.74) is 9.20. The Kier molecular flexibility index (Phi) is 6.63. The molecule has 0 fully saturated rings. The molecule has 0 aromatic heterocycles. The summed E-state index contributed by atoms with van der Waals surface area (Å²) in [5, 5.41) is 5.34. The van der Waals surface area contributed by atoms with Crippen molar-refractivity contribution in [2.75, 3.05) is 4.90 Å². The molecule has 2 aliphatic carbocycles. The second-order valence-electron chi connectivity index (χ2n) is 10.7. The maximum atomic E-state index is 2.47. The van der Waals surface area contributed by atoms with Gasteiger partial charge in [0.2, 0.25) is 0 Å². The first-order valence-electron chi connectivity index (χ1n) is 14.5. The molecule has 0 N–H and O–H groups in total. The van der Waals surface area contributed by atoms with Crippen LogP contribution in [0, 0.1) is 0 Å². The van der Waals surface area contributed by atoms with Gasteiger partial charge >= 0.3 is 0 Å². The Bertz CT molecular complexity index is 1800. The molecular weight excluding hydrogens is 482 g/mol. The van der Waals surface area contributed by atoms with Crippen LogP contribution in [0.1, 0.15) is 41.5 Å². The molecule has 0 saturated carbocycles. The fourth-order valence-electron chi connectivity index (χ4n) is 6.29. The third-order valence-electron chi connectivity index (χ3n) is 8.17. The Morgan fingerprint density at radius 3 is 2.17 bits per heavy atom. The predicted molar refractivity (Wildman–Crippen MR) is 172 cm³/mol. The summed E-state index contributed by atoms with van der Waals surface area (Å²) in [7, 11) is 0. The maximum absolute atomic E-state index is 2.47. The van der Waals surface area contributed by atoms with Gasteiger partial charge in [-0.2, -0.15) is 0 Å². The van der Waals surface area contributed by atoms with Crippen molar-refractivity contribution >= 4 is 39.0 Å². The normalized spacial score (nSPS) is 17.4. The van der Waals surface area contributed by atoms with Crippen LogP contribution in [-0.2, 0) is 12.8 Å². The predicted octanol–water partition coefficient (Wildman–Crippen LogP) is 10.5. The second-order valence-corrected chi connectivity index (χ2v) is 10.7. The van der Waals surface area contributed by atoms with E-state index in [4.69, 9.17) is 0 Å². The van der Waals surface area contributed by atoms with Crippen molar-refractivity contribution in [1.82, 2.24) is 0 Å². The third kappa shape index (κ3) is 4.58. The van der Waals surface area contributed by atoms with E-state index in [9.17, 15) is 0 Å². The van der Waals surface area contributed by atoms with Crippen molar-refractivity contribution in [2.24, 2.45) is 0 Å². The second kappa shape index (κ2) is 10.9. The van der Waals surface area contributed by atoms with Gasteiger partial charge in [-0.1, -0.05) is 103 Å². The fraction of sp³-hybridized carbons (Fsp3) is 0.128. The quantitative estimate of drug-likeness (QED) is 0.210. The molecule has 0 amide bonds. The monoisotopic (exact) mass is 515 g/mol. The molecule has 0 bridgehead atoms. The summed E-state index contributed by atoms with van der Waals surface area (Å²) in [5.74, 6) is 0. The number of hydrogen-bond donors (Lipinski definition) is 0. The average Bonchev–Trinajstić information content (AvgIpc) is 3.00. The van der Waals surface area contributed by atoms with Crippen LogP contribution in [0.4, 0.5) is 11.4 Å². The van der Waals surface area contributed by atoms with Crippen LogP contribution in [0.15, 0.2) is 139 Å². The largest absolute Gasteiger partial charge is 0.310 e. The van der Waals surface area contributed by atoms with Crippen molar-refractivity contribution in [3.63, 3.8) is 0 Å². The van der Waals surface area contributed by atoms with Crippen molar-refractivity contribution in [1.29, 1.82) is 0 Å². The lowest BCUT2D eigenvalue weighted by Crippen LogP contribution is -2.18. The Labute approximate surface area is 237 Å². The summed E-state index contributed by atoms with van der Waals surface area (Å²) in [6, 6.07) is 35.6. The highest BCUT2D eigenvalue weighted by molar-refractivity contribution is 6.13. The zero-order chi connectivity index (χ0) is 26.7. The summed E-state index contributed by atoms with van der Waals surface area (Å²) in [6.07, 6.45) is 21.2. The standard InChI is InChI=1S/C39H33N/c1-2-8-18-31(19-9-3-1)40(32-20-10-5-11-21-32)39-28-38-34-23-13-12-22-33(34)30(26-29-16-6-4-7-17-29)27-37(38)35-24-14-15-25-36(35)39/h2,4-14,16-24,27-28H,1,3,15,25-26H2/b8-2+,19-9-,31-18+. The fourth-order valence-corrected chi connectivity index (χ4v) is 6.29. The molecule has 0 heterocycles. The Morgan fingerprint density at radius 1 is 0.600 bits per heavy atom. The van der Waals surface area contributed by atoms with E-state index in [0.717, 1.165) is 32.1 Å². The lowest BCUT2D eigenvalue weighted by molar-refractivity contribution is 0.978. The highest BCUT2D eigenvalue weighted by Crippen LogP contribution is 2.43. The van der Waals surface area contributed by atoms with Crippen LogP contribution >= 0.6 is 0 Å². The number of fused-ring (bicyclic) bond motifs is 5. The summed E-state index contributed by atoms with van der Waals surface area (Å²) in [4.78, 5) is 2.47. The van der Waals surface area contributed by atoms with Gasteiger partial charge in [0.05, 0.1) is 5.69 Å². The molecule has 0 saturated heterocycles. The molecule has 0 radical (unpaired) electrons. The minimum atomic E-state index is 0.928. The number of rotatable bonds is 5. The maximum Gasteiger partial charge on any atom is 0.0506 e. The summed E-state index contributed by atoms with van der Waals surface area (Å²) >= 11 is 0. The van der Waals surface area contributed by atoms with Crippen LogP contribution < -0.4 is 4.90 Å². The zero-order valence-corrected chi connectivity index (χ0v) is 22.8. The van der Waals surface area contributed by atoms with Crippen molar-refractivity contribution in [3.05, 3.63) is 161 Å². The molecule has 1 heteroatoms. The molecule has 194 valence electrons. The Hall–Kier alpha value is -4.62. The van der Waals surface area contributed by atoms with E-state index in [1.807, 2.05) is 0 Å². The smallest absolute Gasteiger partial charge is 0.0506 e. The lowest BCUT2D eigenvalue weighted by atomic mass is 9.85. The Balaban J connectivity index is 1.52. The van der Waals surface area contributed by atoms with Gasteiger partial charge in [-0.3, -0.25) is 0 Å². The van der Waals surface area contributed by atoms with E-state index in [1.54, 1.807) is 0 Å². The molecule has 40 heavy (non-hydrogen) atoms. The number of anilines is 2. The van der Waals surface area contributed by atoms with Crippen LogP contribution in [-0.4, -0.2) is 0 Å². The van der Waals surface area contributed by atoms with E-state index in [-0.39, 0.29) is 0 Å². The topological polar surface area (TPSA) is 3.24 Å². The summed E-state index contributed by atoms with van der Waals surface area (Å²) < 4.78 is 0. The zero-order valence-electron chi connectivity index (χ0n) is 22.8. The molecule has 0 atom stereocenters. The van der Waals surface area contributed by atoms with Gasteiger partial charge in [0.25, 0.3) is 0 Å². The highest BCUT2D eigenvalue weighted by Gasteiger charge is 2.23. The van der Waals surface area contributed by atoms with Crippen LogP contribution in [0.5, 0.6) is 0 Å². The van der Waals surface area contributed by atoms with E-state index in [1.165, 1.54) is 60.9 Å². The van der Waals surface area contributed by atoms with Gasteiger partial charge in [0.15, 0.2) is 0 Å². The van der Waals surface area contributed by atoms with Crippen LogP contribution in [0.2, 0.25) is 0 Å². The average molecular weight is 516 g/mol. The third-order valence-corrected chi connectivity index (χ3v) is 8.17. The summed E-state index contributed by atoms with van der Waals surface area (Å²) in [6.45, 7) is 0. The molecular formula is C39H33N. The number of nitrogens with zero attached hydrogens (tertiary/aromatic N) is 1. The Morgan fingerprint density at radius 2 is 1.32 bits per heavy atom. The SMILES string of the molecule is C1=Cc2c(c(N(C3=C/C=C/CC/C=C\3)c3ccccc3)cc3c2cc(Cc2ccccc2)c2ccccc23)CC1. The molecule has 0 aliphatic heterocycles. The van der Waals surface area contributed by atoms with E-state index in [2.05, 4.69) is 144 Å². The first kappa shape index (κ1) is 24.4. The molecule has 5 aromatic rings. The molecule has 2 aliphatic rings. The molecule has 7 rings (SSSR count). The van der Waals surface area contributed by atoms with Gasteiger partial charge in [0.1, 0.15) is 0 Å². The molecule has 0 unspecified atom stereocenters. The first-order valence-corrected chi connectivity index (χ1v) is 14.5. The number of allylic oxidation sites excluding steroid dienone is 6. The minimum absolute atomic E-state index is 0.928.